The number of aliphatic hydroxyl groups excluding tert-OH is 1. The number of aromatic nitrogens is 2. The van der Waals surface area contributed by atoms with Crippen molar-refractivity contribution in [2.24, 2.45) is 0 Å². The minimum atomic E-state index is -5.05. The Labute approximate surface area is 272 Å². The number of halogens is 6. The summed E-state index contributed by atoms with van der Waals surface area (Å²) >= 11 is 0. The summed E-state index contributed by atoms with van der Waals surface area (Å²) in [6.07, 6.45) is -11.1. The smallest absolute Gasteiger partial charge is 0.416 e. The van der Waals surface area contributed by atoms with Gasteiger partial charge in [-0.15, -0.1) is 0 Å². The lowest BCUT2D eigenvalue weighted by Gasteiger charge is -2.38. The lowest BCUT2D eigenvalue weighted by Crippen LogP contribution is -2.52. The number of benzene rings is 2. The quantitative estimate of drug-likeness (QED) is 0.222. The zero-order valence-electron chi connectivity index (χ0n) is 26.4. The molecule has 2 aliphatic rings. The highest BCUT2D eigenvalue weighted by molar-refractivity contribution is 5.74. The molecule has 10 nitrogen and oxygen atoms in total. The summed E-state index contributed by atoms with van der Waals surface area (Å²) in [6, 6.07) is 5.66. The monoisotopic (exact) mass is 684 g/mol. The molecule has 2 aromatic carbocycles. The number of anilines is 1. The molecule has 3 aromatic rings. The average molecular weight is 685 g/mol. The van der Waals surface area contributed by atoms with Crippen LogP contribution in [0.5, 0.6) is 5.75 Å². The largest absolute Gasteiger partial charge is 0.496 e. The first-order chi connectivity index (χ1) is 22.6. The maximum atomic E-state index is 13.6. The Hall–Kier alpha value is -3.99. The molecule has 3 atom stereocenters. The maximum absolute atomic E-state index is 13.6. The van der Waals surface area contributed by atoms with E-state index in [9.17, 15) is 36.2 Å². The Morgan fingerprint density at radius 3 is 2.25 bits per heavy atom. The van der Waals surface area contributed by atoms with Gasteiger partial charge < -0.3 is 29.0 Å². The second-order valence-electron chi connectivity index (χ2n) is 11.5. The predicted molar refractivity (Wildman–Crippen MR) is 159 cm³/mol. The van der Waals surface area contributed by atoms with E-state index in [-0.39, 0.29) is 36.7 Å². The van der Waals surface area contributed by atoms with Crippen LogP contribution in [0.4, 0.5) is 32.3 Å². The number of alkyl halides is 6. The third-order valence-electron chi connectivity index (χ3n) is 8.50. The van der Waals surface area contributed by atoms with Gasteiger partial charge in [-0.3, -0.25) is 4.79 Å². The average Bonchev–Trinajstić information content (AvgIpc) is 3.30. The highest BCUT2D eigenvalue weighted by Crippen LogP contribution is 2.42. The van der Waals surface area contributed by atoms with E-state index in [2.05, 4.69) is 4.98 Å². The van der Waals surface area contributed by atoms with Crippen LogP contribution < -0.4 is 9.64 Å². The zero-order chi connectivity index (χ0) is 35.0. The van der Waals surface area contributed by atoms with E-state index in [1.807, 2.05) is 4.90 Å². The third-order valence-corrected chi connectivity index (χ3v) is 8.50. The van der Waals surface area contributed by atoms with Crippen molar-refractivity contribution in [2.75, 3.05) is 39.3 Å². The lowest BCUT2D eigenvalue weighted by atomic mass is 9.97. The first kappa shape index (κ1) is 35.3. The van der Waals surface area contributed by atoms with E-state index < -0.39 is 42.0 Å². The summed E-state index contributed by atoms with van der Waals surface area (Å²) in [5, 5.41) is 11.0. The number of esters is 1. The maximum Gasteiger partial charge on any atom is 0.416 e. The van der Waals surface area contributed by atoms with Crippen molar-refractivity contribution in [3.05, 3.63) is 70.5 Å². The second-order valence-corrected chi connectivity index (χ2v) is 11.5. The molecular formula is C32H34F6N4O6. The predicted octanol–water partition coefficient (Wildman–Crippen LogP) is 5.37. The van der Waals surface area contributed by atoms with Crippen LogP contribution in [-0.2, 0) is 44.3 Å². The Balaban J connectivity index is 1.52. The number of methoxy groups -OCH3 is 3. The minimum absolute atomic E-state index is 0.0213. The standard InChI is InChI=1S/C32H34F6N4O6/c1-17-28(19-10-20(31(33,34)35)12-21(11-19)32(36,37)38)48-30(44)42(17)16-25-24(13-39-29(40-25)41-14-22(15-41)45-2)23-9-18(5-7-26(23)46-3)6-8-27(43)47-4/h5,7,9-13,17,22,28,30,44H,6,8,14-16H2,1-4H3/t17-,28-,30?/m0/s1. The van der Waals surface area contributed by atoms with Gasteiger partial charge in [-0.05, 0) is 54.8 Å². The van der Waals surface area contributed by atoms with Crippen LogP contribution in [-0.4, -0.2) is 78.9 Å². The summed E-state index contributed by atoms with van der Waals surface area (Å²) in [5.74, 6) is 0.416. The van der Waals surface area contributed by atoms with E-state index in [0.29, 0.717) is 60.2 Å². The van der Waals surface area contributed by atoms with Gasteiger partial charge in [-0.2, -0.15) is 26.3 Å². The van der Waals surface area contributed by atoms with E-state index in [4.69, 9.17) is 23.9 Å². The zero-order valence-corrected chi connectivity index (χ0v) is 26.4. The number of carbonyl (C=O) groups is 1. The van der Waals surface area contributed by atoms with Crippen LogP contribution in [0.3, 0.4) is 0 Å². The highest BCUT2D eigenvalue weighted by atomic mass is 19.4. The molecule has 1 N–H and O–H groups in total. The number of hydrogen-bond donors (Lipinski definition) is 1. The Morgan fingerprint density at radius 2 is 1.67 bits per heavy atom. The molecule has 0 saturated carbocycles. The molecule has 48 heavy (non-hydrogen) atoms. The minimum Gasteiger partial charge on any atom is -0.496 e. The molecule has 2 saturated heterocycles. The number of hydrogen-bond acceptors (Lipinski definition) is 10. The van der Waals surface area contributed by atoms with Crippen molar-refractivity contribution in [1.82, 2.24) is 14.9 Å². The van der Waals surface area contributed by atoms with Crippen LogP contribution in [0.15, 0.2) is 42.6 Å². The van der Waals surface area contributed by atoms with Gasteiger partial charge in [0.2, 0.25) is 12.4 Å². The molecule has 3 heterocycles. The van der Waals surface area contributed by atoms with Gasteiger partial charge in [-0.25, -0.2) is 14.9 Å². The van der Waals surface area contributed by atoms with E-state index in [1.54, 1.807) is 31.5 Å². The van der Waals surface area contributed by atoms with Crippen LogP contribution in [0.1, 0.15) is 47.4 Å². The first-order valence-corrected chi connectivity index (χ1v) is 14.9. The number of rotatable bonds is 10. The van der Waals surface area contributed by atoms with Gasteiger partial charge in [-0.1, -0.05) is 6.07 Å². The molecule has 5 rings (SSSR count). The molecule has 2 fully saturated rings. The van der Waals surface area contributed by atoms with E-state index in [0.717, 1.165) is 5.56 Å². The van der Waals surface area contributed by atoms with Gasteiger partial charge >= 0.3 is 18.3 Å². The molecule has 1 unspecified atom stereocenters. The molecule has 2 aliphatic heterocycles. The number of carbonyl (C=O) groups excluding carboxylic acids is 1. The lowest BCUT2D eigenvalue weighted by molar-refractivity contribution is -0.154. The van der Waals surface area contributed by atoms with Crippen LogP contribution in [0.2, 0.25) is 0 Å². The topological polar surface area (TPSA) is 106 Å². The normalized spacial score (nSPS) is 20.6. The molecule has 0 spiro atoms. The van der Waals surface area contributed by atoms with E-state index >= 15 is 0 Å². The van der Waals surface area contributed by atoms with Crippen molar-refractivity contribution >= 4 is 11.9 Å². The summed E-state index contributed by atoms with van der Waals surface area (Å²) in [4.78, 5) is 24.4. The molecular weight excluding hydrogens is 650 g/mol. The van der Waals surface area contributed by atoms with Crippen LogP contribution >= 0.6 is 0 Å². The fourth-order valence-corrected chi connectivity index (χ4v) is 5.72. The number of nitrogens with zero attached hydrogens (tertiary/aromatic N) is 4. The molecule has 1 aromatic heterocycles. The number of ether oxygens (including phenoxy) is 4. The Morgan fingerprint density at radius 1 is 1.00 bits per heavy atom. The molecule has 0 bridgehead atoms. The van der Waals surface area contributed by atoms with Gasteiger partial charge in [0, 0.05) is 56.5 Å². The van der Waals surface area contributed by atoms with Gasteiger partial charge in [0.1, 0.15) is 11.9 Å². The third kappa shape index (κ3) is 7.51. The van der Waals surface area contributed by atoms with Crippen molar-refractivity contribution < 1.29 is 55.2 Å². The first-order valence-electron chi connectivity index (χ1n) is 14.9. The van der Waals surface area contributed by atoms with Gasteiger partial charge in [0.25, 0.3) is 0 Å². The molecule has 0 radical (unpaired) electrons. The second kappa shape index (κ2) is 13.9. The van der Waals surface area contributed by atoms with Crippen LogP contribution in [0.25, 0.3) is 11.1 Å². The van der Waals surface area contributed by atoms with Crippen LogP contribution in [0, 0.1) is 0 Å². The summed E-state index contributed by atoms with van der Waals surface area (Å²) in [6.45, 7) is 2.44. The fourth-order valence-electron chi connectivity index (χ4n) is 5.72. The summed E-state index contributed by atoms with van der Waals surface area (Å²) in [7, 11) is 4.36. The van der Waals surface area contributed by atoms with E-state index in [1.165, 1.54) is 26.0 Å². The molecule has 0 aliphatic carbocycles. The number of aryl methyl sites for hydroxylation is 1. The molecule has 260 valence electrons. The van der Waals surface area contributed by atoms with Gasteiger partial charge in [0.15, 0.2) is 0 Å². The van der Waals surface area contributed by atoms with Gasteiger partial charge in [0.05, 0.1) is 37.1 Å². The molecule has 16 heteroatoms. The van der Waals surface area contributed by atoms with Crippen molar-refractivity contribution in [1.29, 1.82) is 0 Å². The van der Waals surface area contributed by atoms with Crippen molar-refractivity contribution in [3.8, 4) is 16.9 Å². The number of aliphatic hydroxyl groups is 1. The Kier molecular flexibility index (Phi) is 10.2. The summed E-state index contributed by atoms with van der Waals surface area (Å²) < 4.78 is 103. The highest BCUT2D eigenvalue weighted by Gasteiger charge is 2.43. The molecule has 0 amide bonds. The SMILES string of the molecule is COC(=O)CCc1ccc(OC)c(-c2cnc(N3CC(OC)C3)nc2CN2C(O)O[C@H](c3cc(C(F)(F)F)cc(C(F)(F)F)c3)[C@@H]2C)c1. The Bertz CT molecular complexity index is 1600. The fraction of sp³-hybridized carbons (Fsp3) is 0.469. The van der Waals surface area contributed by atoms with Crippen molar-refractivity contribution in [3.63, 3.8) is 0 Å². The summed E-state index contributed by atoms with van der Waals surface area (Å²) in [5.41, 5.74) is -1.16. The van der Waals surface area contributed by atoms with Crippen molar-refractivity contribution in [2.45, 2.75) is 63.3 Å².